The first-order valence-electron chi connectivity index (χ1n) is 5.95. The molecule has 0 aliphatic carbocycles. The van der Waals surface area contributed by atoms with Gasteiger partial charge in [-0.3, -0.25) is 4.79 Å². The molecule has 5 nitrogen and oxygen atoms in total. The van der Waals surface area contributed by atoms with Crippen LogP contribution in [0.3, 0.4) is 0 Å². The zero-order valence-corrected chi connectivity index (χ0v) is 15.5. The van der Waals surface area contributed by atoms with Crippen molar-refractivity contribution in [1.82, 2.24) is 5.32 Å². The van der Waals surface area contributed by atoms with Gasteiger partial charge in [0.15, 0.2) is 15.9 Å². The number of rotatable bonds is 6. The maximum Gasteiger partial charge on any atom is 0.261 e. The molecular weight excluding hydrogens is 426 g/mol. The summed E-state index contributed by atoms with van der Waals surface area (Å²) in [5.41, 5.74) is 0. The van der Waals surface area contributed by atoms with Crippen molar-refractivity contribution in [1.29, 1.82) is 0 Å². The minimum atomic E-state index is -3.17. The van der Waals surface area contributed by atoms with Crippen LogP contribution in [0.15, 0.2) is 38.6 Å². The molecule has 0 aliphatic rings. The number of sulfone groups is 1. The fraction of sp³-hybridized carbons (Fsp3) is 0.308. The van der Waals surface area contributed by atoms with Gasteiger partial charge >= 0.3 is 0 Å². The number of hydrogen-bond donors (Lipinski definition) is 1. The van der Waals surface area contributed by atoms with E-state index < -0.39 is 15.9 Å². The van der Waals surface area contributed by atoms with Crippen LogP contribution in [0, 0.1) is 0 Å². The summed E-state index contributed by atoms with van der Waals surface area (Å²) in [7, 11) is -3.17. The molecular formula is C13H15Br2NO4S. The maximum absolute atomic E-state index is 11.8. The lowest BCUT2D eigenvalue weighted by Crippen LogP contribution is -2.36. The molecule has 1 aromatic carbocycles. The van der Waals surface area contributed by atoms with Gasteiger partial charge in [0.25, 0.3) is 5.91 Å². The highest BCUT2D eigenvalue weighted by Crippen LogP contribution is 2.28. The molecule has 0 radical (unpaired) electrons. The van der Waals surface area contributed by atoms with Crippen molar-refractivity contribution in [3.05, 3.63) is 38.6 Å². The van der Waals surface area contributed by atoms with E-state index in [1.54, 1.807) is 19.1 Å². The number of halogens is 2. The van der Waals surface area contributed by atoms with Gasteiger partial charge in [0.2, 0.25) is 0 Å². The van der Waals surface area contributed by atoms with Gasteiger partial charge in [-0.25, -0.2) is 8.42 Å². The molecule has 0 saturated heterocycles. The van der Waals surface area contributed by atoms with Crippen LogP contribution in [-0.2, 0) is 14.6 Å². The van der Waals surface area contributed by atoms with Crippen LogP contribution in [0.4, 0.5) is 0 Å². The second-order valence-corrected chi connectivity index (χ2v) is 7.98. The van der Waals surface area contributed by atoms with Crippen molar-refractivity contribution in [2.24, 2.45) is 0 Å². The summed E-state index contributed by atoms with van der Waals surface area (Å²) in [6.07, 6.45) is 1.76. The highest BCUT2D eigenvalue weighted by molar-refractivity contribution is 9.11. The van der Waals surface area contributed by atoms with Crippen molar-refractivity contribution in [2.75, 3.05) is 12.8 Å². The second-order valence-electron chi connectivity index (χ2n) is 4.28. The lowest BCUT2D eigenvalue weighted by atomic mass is 10.3. The molecule has 0 heterocycles. The molecule has 0 bridgehead atoms. The van der Waals surface area contributed by atoms with Crippen molar-refractivity contribution >= 4 is 47.6 Å². The fourth-order valence-electron chi connectivity index (χ4n) is 1.34. The predicted octanol–water partition coefficient (Wildman–Crippen LogP) is 2.65. The normalized spacial score (nSPS) is 13.1. The summed E-state index contributed by atoms with van der Waals surface area (Å²) >= 11 is 6.67. The fourth-order valence-corrected chi connectivity index (χ4v) is 2.93. The Kier molecular flexibility index (Phi) is 6.89. The van der Waals surface area contributed by atoms with Gasteiger partial charge in [-0.05, 0) is 41.1 Å². The van der Waals surface area contributed by atoms with Crippen LogP contribution in [-0.4, -0.2) is 33.2 Å². The molecule has 1 unspecified atom stereocenters. The van der Waals surface area contributed by atoms with E-state index in [1.807, 2.05) is 6.07 Å². The minimum Gasteiger partial charge on any atom is -0.480 e. The topological polar surface area (TPSA) is 72.5 Å². The van der Waals surface area contributed by atoms with Crippen LogP contribution in [0.2, 0.25) is 0 Å². The Morgan fingerprint density at radius 2 is 2.10 bits per heavy atom. The van der Waals surface area contributed by atoms with Crippen LogP contribution >= 0.6 is 31.9 Å². The molecule has 1 rings (SSSR count). The number of hydrogen-bond acceptors (Lipinski definition) is 4. The smallest absolute Gasteiger partial charge is 0.261 e. The SMILES string of the molecule is CC(Oc1ccc(Br)cc1Br)C(=O)NCC=CS(C)(=O)=O. The van der Waals surface area contributed by atoms with Gasteiger partial charge in [0.1, 0.15) is 5.75 Å². The van der Waals surface area contributed by atoms with E-state index in [2.05, 4.69) is 37.2 Å². The molecule has 1 N–H and O–H groups in total. The molecule has 0 fully saturated rings. The lowest BCUT2D eigenvalue weighted by molar-refractivity contribution is -0.127. The molecule has 0 aliphatic heterocycles. The largest absolute Gasteiger partial charge is 0.480 e. The van der Waals surface area contributed by atoms with Crippen LogP contribution in [0.25, 0.3) is 0 Å². The first-order valence-corrected chi connectivity index (χ1v) is 9.49. The molecule has 1 aromatic rings. The van der Waals surface area contributed by atoms with Crippen molar-refractivity contribution in [3.63, 3.8) is 0 Å². The summed E-state index contributed by atoms with van der Waals surface area (Å²) < 4.78 is 28.9. The van der Waals surface area contributed by atoms with E-state index in [-0.39, 0.29) is 12.5 Å². The third-order valence-electron chi connectivity index (χ3n) is 2.30. The van der Waals surface area contributed by atoms with Crippen LogP contribution < -0.4 is 10.1 Å². The lowest BCUT2D eigenvalue weighted by Gasteiger charge is -2.15. The van der Waals surface area contributed by atoms with Gasteiger partial charge < -0.3 is 10.1 Å². The highest BCUT2D eigenvalue weighted by atomic mass is 79.9. The van der Waals surface area contributed by atoms with E-state index in [9.17, 15) is 13.2 Å². The third kappa shape index (κ3) is 7.10. The Morgan fingerprint density at radius 1 is 1.43 bits per heavy atom. The standard InChI is InChI=1S/C13H15Br2NO4S/c1-9(13(17)16-6-3-7-21(2,18)19)20-12-5-4-10(14)8-11(12)15/h3-5,7-9H,6H2,1-2H3,(H,16,17). The van der Waals surface area contributed by atoms with Crippen LogP contribution in [0.1, 0.15) is 6.92 Å². The highest BCUT2D eigenvalue weighted by Gasteiger charge is 2.15. The average molecular weight is 441 g/mol. The van der Waals surface area contributed by atoms with Crippen LogP contribution in [0.5, 0.6) is 5.75 Å². The molecule has 1 amide bonds. The Balaban J connectivity index is 2.53. The molecule has 21 heavy (non-hydrogen) atoms. The zero-order valence-electron chi connectivity index (χ0n) is 11.5. The van der Waals surface area contributed by atoms with E-state index in [0.29, 0.717) is 5.75 Å². The summed E-state index contributed by atoms with van der Waals surface area (Å²) in [6.45, 7) is 1.74. The van der Waals surface area contributed by atoms with Crippen molar-refractivity contribution in [2.45, 2.75) is 13.0 Å². The molecule has 0 spiro atoms. The summed E-state index contributed by atoms with van der Waals surface area (Å²) in [4.78, 5) is 11.8. The monoisotopic (exact) mass is 439 g/mol. The second kappa shape index (κ2) is 7.95. The summed E-state index contributed by atoms with van der Waals surface area (Å²) in [5, 5.41) is 3.61. The Morgan fingerprint density at radius 3 is 2.67 bits per heavy atom. The predicted molar refractivity (Wildman–Crippen MR) is 88.9 cm³/mol. The molecule has 8 heteroatoms. The Hall–Kier alpha value is -0.860. The molecule has 0 saturated carbocycles. The number of carbonyl (C=O) groups is 1. The number of amides is 1. The Bertz CT molecular complexity index is 644. The molecule has 1 atom stereocenters. The summed E-state index contributed by atoms with van der Waals surface area (Å²) in [5.74, 6) is 0.218. The third-order valence-corrected chi connectivity index (χ3v) is 4.10. The number of nitrogens with one attached hydrogen (secondary N) is 1. The number of benzene rings is 1. The average Bonchev–Trinajstić information content (AvgIpc) is 2.36. The van der Waals surface area contributed by atoms with Crippen molar-refractivity contribution < 1.29 is 17.9 Å². The first-order chi connectivity index (χ1) is 9.69. The first kappa shape index (κ1) is 18.2. The Labute approximate surface area is 140 Å². The van der Waals surface area contributed by atoms with E-state index >= 15 is 0 Å². The van der Waals surface area contributed by atoms with Gasteiger partial charge in [-0.2, -0.15) is 0 Å². The maximum atomic E-state index is 11.8. The number of ether oxygens (including phenoxy) is 1. The molecule has 0 aromatic heterocycles. The van der Waals surface area contributed by atoms with Crippen molar-refractivity contribution in [3.8, 4) is 5.75 Å². The minimum absolute atomic E-state index is 0.126. The van der Waals surface area contributed by atoms with Gasteiger partial charge in [0.05, 0.1) is 4.47 Å². The zero-order chi connectivity index (χ0) is 16.0. The number of carbonyl (C=O) groups excluding carboxylic acids is 1. The van der Waals surface area contributed by atoms with E-state index in [1.165, 1.54) is 6.08 Å². The van der Waals surface area contributed by atoms with Gasteiger partial charge in [-0.15, -0.1) is 0 Å². The van der Waals surface area contributed by atoms with E-state index in [4.69, 9.17) is 4.74 Å². The quantitative estimate of drug-likeness (QED) is 0.737. The van der Waals surface area contributed by atoms with E-state index in [0.717, 1.165) is 20.6 Å². The van der Waals surface area contributed by atoms with Gasteiger partial charge in [-0.1, -0.05) is 22.0 Å². The summed E-state index contributed by atoms with van der Waals surface area (Å²) in [6, 6.07) is 5.36. The molecule has 116 valence electrons. The van der Waals surface area contributed by atoms with Gasteiger partial charge in [0, 0.05) is 22.7 Å².